The van der Waals surface area contributed by atoms with Gasteiger partial charge in [0.05, 0.1) is 12.6 Å². The maximum Gasteiger partial charge on any atom is 0.271 e. The van der Waals surface area contributed by atoms with Gasteiger partial charge in [-0.05, 0) is 50.4 Å². The Morgan fingerprint density at radius 3 is 2.88 bits per heavy atom. The molecule has 6 nitrogen and oxygen atoms in total. The van der Waals surface area contributed by atoms with E-state index in [9.17, 15) is 4.79 Å². The molecule has 1 atom stereocenters. The van der Waals surface area contributed by atoms with Crippen LogP contribution in [0.3, 0.4) is 0 Å². The number of amides is 1. The molecule has 0 bridgehead atoms. The third-order valence-corrected chi connectivity index (χ3v) is 4.53. The quantitative estimate of drug-likeness (QED) is 0.790. The molecule has 25 heavy (non-hydrogen) atoms. The lowest BCUT2D eigenvalue weighted by molar-refractivity contribution is 0.0940. The monoisotopic (exact) mass is 342 g/mol. The van der Waals surface area contributed by atoms with Crippen molar-refractivity contribution in [2.75, 3.05) is 26.2 Å². The van der Waals surface area contributed by atoms with Crippen LogP contribution >= 0.6 is 0 Å². The Morgan fingerprint density at radius 1 is 1.36 bits per heavy atom. The van der Waals surface area contributed by atoms with Gasteiger partial charge in [-0.1, -0.05) is 18.2 Å². The van der Waals surface area contributed by atoms with E-state index in [1.54, 1.807) is 6.07 Å². The number of piperidine rings is 1. The van der Waals surface area contributed by atoms with Gasteiger partial charge in [-0.15, -0.1) is 0 Å². The second-order valence-corrected chi connectivity index (χ2v) is 6.51. The first-order valence-corrected chi connectivity index (χ1v) is 8.88. The highest BCUT2D eigenvalue weighted by atomic mass is 16.5. The zero-order valence-electron chi connectivity index (χ0n) is 14.9. The molecule has 6 heteroatoms. The average molecular weight is 342 g/mol. The highest BCUT2D eigenvalue weighted by molar-refractivity contribution is 5.92. The number of ether oxygens (including phenoxy) is 1. The summed E-state index contributed by atoms with van der Waals surface area (Å²) in [4.78, 5) is 12.2. The van der Waals surface area contributed by atoms with Gasteiger partial charge in [0, 0.05) is 12.7 Å². The number of aromatic nitrogens is 2. The van der Waals surface area contributed by atoms with E-state index in [0.717, 1.165) is 42.8 Å². The zero-order chi connectivity index (χ0) is 17.6. The molecule has 1 aromatic carbocycles. The van der Waals surface area contributed by atoms with Crippen molar-refractivity contribution in [3.8, 4) is 5.75 Å². The van der Waals surface area contributed by atoms with Crippen molar-refractivity contribution >= 4 is 5.91 Å². The fraction of sp³-hybridized carbons (Fsp3) is 0.474. The van der Waals surface area contributed by atoms with Crippen LogP contribution in [-0.2, 0) is 0 Å². The molecule has 1 aliphatic rings. The molecule has 1 saturated heterocycles. The molecule has 3 rings (SSSR count). The van der Waals surface area contributed by atoms with Gasteiger partial charge in [-0.2, -0.15) is 5.10 Å². The van der Waals surface area contributed by atoms with E-state index in [-0.39, 0.29) is 5.91 Å². The van der Waals surface area contributed by atoms with E-state index < -0.39 is 0 Å². The van der Waals surface area contributed by atoms with Crippen molar-refractivity contribution in [2.24, 2.45) is 0 Å². The Bertz CT molecular complexity index is 700. The van der Waals surface area contributed by atoms with E-state index in [4.69, 9.17) is 4.74 Å². The fourth-order valence-corrected chi connectivity index (χ4v) is 3.16. The molecule has 1 aliphatic heterocycles. The standard InChI is InChI=1S/C19H26N4O2/c1-14-5-3-6-15(2)18(14)25-12-10-21-19(24)17-8-11-23(22-17)16-7-4-9-20-13-16/h3,5-6,8,11,16,20H,4,7,9-10,12-13H2,1-2H3,(H,21,24). The highest BCUT2D eigenvalue weighted by Crippen LogP contribution is 2.22. The van der Waals surface area contributed by atoms with Crippen molar-refractivity contribution in [1.29, 1.82) is 0 Å². The summed E-state index contributed by atoms with van der Waals surface area (Å²) in [5, 5.41) is 10.7. The molecule has 1 fully saturated rings. The van der Waals surface area contributed by atoms with Gasteiger partial charge in [0.2, 0.25) is 0 Å². The van der Waals surface area contributed by atoms with Gasteiger partial charge in [-0.25, -0.2) is 0 Å². The molecule has 1 aromatic heterocycles. The number of carbonyl (C=O) groups is 1. The highest BCUT2D eigenvalue weighted by Gasteiger charge is 2.17. The average Bonchev–Trinajstić information content (AvgIpc) is 3.11. The summed E-state index contributed by atoms with van der Waals surface area (Å²) in [5.41, 5.74) is 2.66. The first-order chi connectivity index (χ1) is 12.1. The van der Waals surface area contributed by atoms with Crippen molar-refractivity contribution in [2.45, 2.75) is 32.7 Å². The molecule has 2 heterocycles. The third-order valence-electron chi connectivity index (χ3n) is 4.53. The molecule has 0 saturated carbocycles. The van der Waals surface area contributed by atoms with E-state index in [2.05, 4.69) is 15.7 Å². The van der Waals surface area contributed by atoms with Crippen molar-refractivity contribution in [3.63, 3.8) is 0 Å². The fourth-order valence-electron chi connectivity index (χ4n) is 3.16. The van der Waals surface area contributed by atoms with E-state index in [1.807, 2.05) is 42.9 Å². The molecule has 2 N–H and O–H groups in total. The maximum absolute atomic E-state index is 12.2. The molecule has 0 radical (unpaired) electrons. The van der Waals surface area contributed by atoms with E-state index in [0.29, 0.717) is 24.9 Å². The third kappa shape index (κ3) is 4.39. The van der Waals surface area contributed by atoms with Crippen LogP contribution < -0.4 is 15.4 Å². The first kappa shape index (κ1) is 17.5. The van der Waals surface area contributed by atoms with E-state index in [1.165, 1.54) is 0 Å². The SMILES string of the molecule is Cc1cccc(C)c1OCCNC(=O)c1ccn(C2CCCNC2)n1. The van der Waals surface area contributed by atoms with Crippen molar-refractivity contribution in [3.05, 3.63) is 47.3 Å². The van der Waals surface area contributed by atoms with Crippen molar-refractivity contribution in [1.82, 2.24) is 20.4 Å². The van der Waals surface area contributed by atoms with Gasteiger partial charge in [0.15, 0.2) is 0 Å². The minimum atomic E-state index is -0.160. The van der Waals surface area contributed by atoms with Gasteiger partial charge in [0.25, 0.3) is 5.91 Å². The Kier molecular flexibility index (Phi) is 5.71. The lowest BCUT2D eigenvalue weighted by Gasteiger charge is -2.22. The minimum Gasteiger partial charge on any atom is -0.491 e. The van der Waals surface area contributed by atoms with Crippen LogP contribution in [0.5, 0.6) is 5.75 Å². The number of rotatable bonds is 6. The molecular weight excluding hydrogens is 316 g/mol. The molecular formula is C19H26N4O2. The smallest absolute Gasteiger partial charge is 0.271 e. The molecule has 1 amide bonds. The van der Waals surface area contributed by atoms with Crippen LogP contribution in [0.1, 0.15) is 40.5 Å². The van der Waals surface area contributed by atoms with Crippen LogP contribution in [0.25, 0.3) is 0 Å². The maximum atomic E-state index is 12.2. The van der Waals surface area contributed by atoms with E-state index >= 15 is 0 Å². The van der Waals surface area contributed by atoms with Gasteiger partial charge >= 0.3 is 0 Å². The minimum absolute atomic E-state index is 0.160. The molecule has 1 unspecified atom stereocenters. The topological polar surface area (TPSA) is 68.2 Å². The lowest BCUT2D eigenvalue weighted by atomic mass is 10.1. The second kappa shape index (κ2) is 8.16. The first-order valence-electron chi connectivity index (χ1n) is 8.88. The van der Waals surface area contributed by atoms with Gasteiger partial charge < -0.3 is 15.4 Å². The Balaban J connectivity index is 1.47. The predicted molar refractivity (Wildman–Crippen MR) is 97.1 cm³/mol. The van der Waals surface area contributed by atoms with Crippen molar-refractivity contribution < 1.29 is 9.53 Å². The number of nitrogens with zero attached hydrogens (tertiary/aromatic N) is 2. The molecule has 134 valence electrons. The summed E-state index contributed by atoms with van der Waals surface area (Å²) < 4.78 is 7.70. The summed E-state index contributed by atoms with van der Waals surface area (Å²) in [6, 6.07) is 8.16. The zero-order valence-corrected chi connectivity index (χ0v) is 14.9. The van der Waals surface area contributed by atoms with Crippen LogP contribution in [0, 0.1) is 13.8 Å². The summed E-state index contributed by atoms with van der Waals surface area (Å²) in [6.07, 6.45) is 4.13. The summed E-state index contributed by atoms with van der Waals surface area (Å²) >= 11 is 0. The van der Waals surface area contributed by atoms with Crippen LogP contribution in [0.4, 0.5) is 0 Å². The van der Waals surface area contributed by atoms with Crippen LogP contribution in [0.2, 0.25) is 0 Å². The Hall–Kier alpha value is -2.34. The number of aryl methyl sites for hydroxylation is 2. The number of para-hydroxylation sites is 1. The number of hydrogen-bond donors (Lipinski definition) is 2. The number of hydrogen-bond acceptors (Lipinski definition) is 4. The summed E-state index contributed by atoms with van der Waals surface area (Å²) in [7, 11) is 0. The normalized spacial score (nSPS) is 17.3. The predicted octanol–water partition coefficient (Wildman–Crippen LogP) is 2.23. The molecule has 0 aliphatic carbocycles. The Morgan fingerprint density at radius 2 is 2.16 bits per heavy atom. The lowest BCUT2D eigenvalue weighted by Crippen LogP contribution is -2.32. The van der Waals surface area contributed by atoms with Crippen LogP contribution in [0.15, 0.2) is 30.5 Å². The van der Waals surface area contributed by atoms with Gasteiger partial charge in [-0.3, -0.25) is 9.48 Å². The number of benzene rings is 1. The molecule has 2 aromatic rings. The largest absolute Gasteiger partial charge is 0.491 e. The Labute approximate surface area is 148 Å². The molecule has 0 spiro atoms. The van der Waals surface area contributed by atoms with Crippen LogP contribution in [-0.4, -0.2) is 41.9 Å². The van der Waals surface area contributed by atoms with Gasteiger partial charge in [0.1, 0.15) is 18.1 Å². The summed E-state index contributed by atoms with van der Waals surface area (Å²) in [6.45, 7) is 6.90. The number of nitrogens with one attached hydrogen (secondary N) is 2. The number of carbonyl (C=O) groups excluding carboxylic acids is 1. The summed E-state index contributed by atoms with van der Waals surface area (Å²) in [5.74, 6) is 0.735. The second-order valence-electron chi connectivity index (χ2n) is 6.51.